The van der Waals surface area contributed by atoms with E-state index in [0.29, 0.717) is 0 Å². The standard InChI is InChI=1S/C16H18N2O3/c1-12(19)17-14(11-16(20)21-2)15-9-6-10-18(15)13-7-4-3-5-8-13/h3-10,14H,11H2,1-2H3,(H,17,19). The Kier molecular flexibility index (Phi) is 4.77. The summed E-state index contributed by atoms with van der Waals surface area (Å²) in [5, 5.41) is 2.80. The molecule has 1 amide bonds. The summed E-state index contributed by atoms with van der Waals surface area (Å²) in [5.41, 5.74) is 1.81. The van der Waals surface area contributed by atoms with Crippen molar-refractivity contribution in [3.05, 3.63) is 54.4 Å². The number of carbonyl (C=O) groups excluding carboxylic acids is 2. The van der Waals surface area contributed by atoms with Gasteiger partial charge >= 0.3 is 5.97 Å². The number of nitrogens with zero attached hydrogens (tertiary/aromatic N) is 1. The van der Waals surface area contributed by atoms with Crippen molar-refractivity contribution in [1.29, 1.82) is 0 Å². The van der Waals surface area contributed by atoms with Crippen molar-refractivity contribution < 1.29 is 14.3 Å². The number of carbonyl (C=O) groups is 2. The number of aromatic nitrogens is 1. The number of esters is 1. The number of rotatable bonds is 5. The van der Waals surface area contributed by atoms with Gasteiger partial charge in [-0.1, -0.05) is 18.2 Å². The molecule has 1 atom stereocenters. The number of hydrogen-bond acceptors (Lipinski definition) is 3. The minimum Gasteiger partial charge on any atom is -0.469 e. The van der Waals surface area contributed by atoms with E-state index in [1.807, 2.05) is 53.2 Å². The molecule has 0 bridgehead atoms. The second kappa shape index (κ2) is 6.74. The van der Waals surface area contributed by atoms with Gasteiger partial charge < -0.3 is 14.6 Å². The fourth-order valence-corrected chi connectivity index (χ4v) is 2.23. The minimum absolute atomic E-state index is 0.0902. The number of nitrogens with one attached hydrogen (secondary N) is 1. The summed E-state index contributed by atoms with van der Waals surface area (Å²) in [4.78, 5) is 23.0. The van der Waals surface area contributed by atoms with Crippen molar-refractivity contribution in [2.45, 2.75) is 19.4 Å². The average molecular weight is 286 g/mol. The van der Waals surface area contributed by atoms with Crippen molar-refractivity contribution in [3.63, 3.8) is 0 Å². The molecular weight excluding hydrogens is 268 g/mol. The fourth-order valence-electron chi connectivity index (χ4n) is 2.23. The van der Waals surface area contributed by atoms with Gasteiger partial charge in [0, 0.05) is 24.5 Å². The topological polar surface area (TPSA) is 60.3 Å². The highest BCUT2D eigenvalue weighted by Gasteiger charge is 2.20. The number of benzene rings is 1. The van der Waals surface area contributed by atoms with E-state index in [9.17, 15) is 9.59 Å². The van der Waals surface area contributed by atoms with Crippen LogP contribution in [0.25, 0.3) is 5.69 Å². The van der Waals surface area contributed by atoms with Gasteiger partial charge in [0.05, 0.1) is 19.6 Å². The monoisotopic (exact) mass is 286 g/mol. The lowest BCUT2D eigenvalue weighted by Gasteiger charge is -2.19. The maximum Gasteiger partial charge on any atom is 0.308 e. The molecule has 2 aromatic rings. The Morgan fingerprint density at radius 2 is 1.90 bits per heavy atom. The van der Waals surface area contributed by atoms with E-state index in [-0.39, 0.29) is 18.3 Å². The number of ether oxygens (including phenoxy) is 1. The molecule has 5 nitrogen and oxygen atoms in total. The Morgan fingerprint density at radius 1 is 1.19 bits per heavy atom. The summed E-state index contributed by atoms with van der Waals surface area (Å²) in [6.07, 6.45) is 1.99. The van der Waals surface area contributed by atoms with Crippen LogP contribution >= 0.6 is 0 Å². The zero-order chi connectivity index (χ0) is 15.2. The van der Waals surface area contributed by atoms with Gasteiger partial charge in [0.25, 0.3) is 0 Å². The molecule has 1 aromatic carbocycles. The van der Waals surface area contributed by atoms with E-state index in [1.54, 1.807) is 0 Å². The SMILES string of the molecule is COC(=O)CC(NC(C)=O)c1cccn1-c1ccccc1. The van der Waals surface area contributed by atoms with Crippen LogP contribution in [0.15, 0.2) is 48.7 Å². The highest BCUT2D eigenvalue weighted by Crippen LogP contribution is 2.22. The fraction of sp³-hybridized carbons (Fsp3) is 0.250. The van der Waals surface area contributed by atoms with Crippen LogP contribution in [0.5, 0.6) is 0 Å². The molecule has 0 aliphatic heterocycles. The van der Waals surface area contributed by atoms with Crippen LogP contribution in [0.2, 0.25) is 0 Å². The van der Waals surface area contributed by atoms with Crippen LogP contribution in [0, 0.1) is 0 Å². The van der Waals surface area contributed by atoms with E-state index in [4.69, 9.17) is 4.74 Å². The summed E-state index contributed by atoms with van der Waals surface area (Å²) in [7, 11) is 1.34. The van der Waals surface area contributed by atoms with Crippen LogP contribution in [-0.4, -0.2) is 23.6 Å². The predicted octanol–water partition coefficient (Wildman–Crippen LogP) is 2.22. The van der Waals surface area contributed by atoms with Crippen molar-refractivity contribution in [3.8, 4) is 5.69 Å². The molecule has 0 radical (unpaired) electrons. The summed E-state index contributed by atoms with van der Waals surface area (Å²) in [6.45, 7) is 1.43. The molecule has 1 unspecified atom stereocenters. The van der Waals surface area contributed by atoms with E-state index in [0.717, 1.165) is 11.4 Å². The molecule has 1 N–H and O–H groups in total. The zero-order valence-corrected chi connectivity index (χ0v) is 12.1. The van der Waals surface area contributed by atoms with Gasteiger partial charge in [0.2, 0.25) is 5.91 Å². The minimum atomic E-state index is -0.426. The molecule has 5 heteroatoms. The predicted molar refractivity (Wildman–Crippen MR) is 79.0 cm³/mol. The van der Waals surface area contributed by atoms with E-state index >= 15 is 0 Å². The average Bonchev–Trinajstić information content (AvgIpc) is 2.96. The van der Waals surface area contributed by atoms with Crippen LogP contribution in [0.4, 0.5) is 0 Å². The van der Waals surface area contributed by atoms with Gasteiger partial charge in [-0.05, 0) is 24.3 Å². The molecule has 21 heavy (non-hydrogen) atoms. The molecule has 2 rings (SSSR count). The maximum atomic E-state index is 11.6. The summed E-state index contributed by atoms with van der Waals surface area (Å²) < 4.78 is 6.65. The third-order valence-electron chi connectivity index (χ3n) is 3.15. The first kappa shape index (κ1) is 14.8. The van der Waals surface area contributed by atoms with Gasteiger partial charge in [0.15, 0.2) is 0 Å². The van der Waals surface area contributed by atoms with E-state index in [1.165, 1.54) is 14.0 Å². The van der Waals surface area contributed by atoms with Crippen LogP contribution in [0.3, 0.4) is 0 Å². The highest BCUT2D eigenvalue weighted by molar-refractivity contribution is 5.75. The lowest BCUT2D eigenvalue weighted by Crippen LogP contribution is -2.29. The van der Waals surface area contributed by atoms with Gasteiger partial charge in [-0.2, -0.15) is 0 Å². The molecule has 0 aliphatic rings. The van der Waals surface area contributed by atoms with Crippen LogP contribution in [0.1, 0.15) is 25.1 Å². The van der Waals surface area contributed by atoms with E-state index in [2.05, 4.69) is 5.32 Å². The Morgan fingerprint density at radius 3 is 2.52 bits per heavy atom. The Bertz CT molecular complexity index is 619. The molecule has 0 saturated heterocycles. The number of methoxy groups -OCH3 is 1. The number of hydrogen-bond donors (Lipinski definition) is 1. The lowest BCUT2D eigenvalue weighted by molar-refractivity contribution is -0.141. The first-order chi connectivity index (χ1) is 10.1. The smallest absolute Gasteiger partial charge is 0.308 e. The Balaban J connectivity index is 2.34. The van der Waals surface area contributed by atoms with Crippen molar-refractivity contribution in [2.75, 3.05) is 7.11 Å². The molecule has 110 valence electrons. The van der Waals surface area contributed by atoms with Crippen molar-refractivity contribution in [2.24, 2.45) is 0 Å². The van der Waals surface area contributed by atoms with Gasteiger partial charge in [0.1, 0.15) is 0 Å². The number of amides is 1. The quantitative estimate of drug-likeness (QED) is 0.857. The first-order valence-electron chi connectivity index (χ1n) is 6.68. The van der Waals surface area contributed by atoms with Crippen LogP contribution < -0.4 is 5.32 Å². The summed E-state index contributed by atoms with van der Waals surface area (Å²) >= 11 is 0. The van der Waals surface area contributed by atoms with Crippen molar-refractivity contribution >= 4 is 11.9 Å². The zero-order valence-electron chi connectivity index (χ0n) is 12.1. The largest absolute Gasteiger partial charge is 0.469 e. The lowest BCUT2D eigenvalue weighted by atomic mass is 10.1. The molecule has 1 heterocycles. The Hall–Kier alpha value is -2.56. The molecular formula is C16H18N2O3. The number of para-hydroxylation sites is 1. The van der Waals surface area contributed by atoms with Crippen molar-refractivity contribution in [1.82, 2.24) is 9.88 Å². The third kappa shape index (κ3) is 3.72. The first-order valence-corrected chi connectivity index (χ1v) is 6.68. The second-order valence-electron chi connectivity index (χ2n) is 4.67. The molecule has 0 fully saturated rings. The van der Waals surface area contributed by atoms with Gasteiger partial charge in [-0.3, -0.25) is 9.59 Å². The van der Waals surface area contributed by atoms with Gasteiger partial charge in [-0.25, -0.2) is 0 Å². The summed E-state index contributed by atoms with van der Waals surface area (Å²) in [6, 6.07) is 13.1. The van der Waals surface area contributed by atoms with E-state index < -0.39 is 6.04 Å². The normalized spacial score (nSPS) is 11.7. The summed E-state index contributed by atoms with van der Waals surface area (Å²) in [5.74, 6) is -0.556. The third-order valence-corrected chi connectivity index (χ3v) is 3.15. The second-order valence-corrected chi connectivity index (χ2v) is 4.67. The maximum absolute atomic E-state index is 11.6. The van der Waals surface area contributed by atoms with Crippen LogP contribution in [-0.2, 0) is 14.3 Å². The molecule has 0 spiro atoms. The highest BCUT2D eigenvalue weighted by atomic mass is 16.5. The van der Waals surface area contributed by atoms with Gasteiger partial charge in [-0.15, -0.1) is 0 Å². The molecule has 0 saturated carbocycles. The molecule has 0 aliphatic carbocycles. The Labute approximate surface area is 123 Å². The molecule has 1 aromatic heterocycles.